The van der Waals surface area contributed by atoms with Gasteiger partial charge in [-0.3, -0.25) is 4.79 Å². The van der Waals surface area contributed by atoms with E-state index in [0.717, 1.165) is 22.1 Å². The number of morpholine rings is 1. The Balaban J connectivity index is 1.69. The SMILES string of the molecule is Cc1cc(C)nc([C@H]2CN(C(=O)Cc3csc(C)n3)CCO2)n1. The van der Waals surface area contributed by atoms with E-state index in [1.54, 1.807) is 11.3 Å². The smallest absolute Gasteiger partial charge is 0.228 e. The van der Waals surface area contributed by atoms with Gasteiger partial charge in [0.1, 0.15) is 6.10 Å². The van der Waals surface area contributed by atoms with E-state index in [0.29, 0.717) is 31.9 Å². The van der Waals surface area contributed by atoms with Crippen LogP contribution in [0.2, 0.25) is 0 Å². The largest absolute Gasteiger partial charge is 0.367 e. The van der Waals surface area contributed by atoms with Crippen molar-refractivity contribution in [3.63, 3.8) is 0 Å². The minimum absolute atomic E-state index is 0.0768. The van der Waals surface area contributed by atoms with Crippen molar-refractivity contribution in [2.24, 2.45) is 0 Å². The summed E-state index contributed by atoms with van der Waals surface area (Å²) in [5.74, 6) is 0.734. The maximum Gasteiger partial charge on any atom is 0.228 e. The van der Waals surface area contributed by atoms with Crippen LogP contribution in [-0.2, 0) is 16.0 Å². The van der Waals surface area contributed by atoms with E-state index in [4.69, 9.17) is 4.74 Å². The van der Waals surface area contributed by atoms with E-state index in [1.807, 2.05) is 37.1 Å². The standard InChI is InChI=1S/C16H20N4O2S/c1-10-6-11(2)18-16(17-10)14-8-20(4-5-22-14)15(21)7-13-9-23-12(3)19-13/h6,9,14H,4-5,7-8H2,1-3H3/t14-/m1/s1. The Morgan fingerprint density at radius 2 is 2.04 bits per heavy atom. The van der Waals surface area contributed by atoms with Gasteiger partial charge in [-0.05, 0) is 26.8 Å². The lowest BCUT2D eigenvalue weighted by molar-refractivity contribution is -0.138. The van der Waals surface area contributed by atoms with Crippen LogP contribution in [0.5, 0.6) is 0 Å². The number of thiazole rings is 1. The minimum atomic E-state index is -0.261. The van der Waals surface area contributed by atoms with Crippen molar-refractivity contribution < 1.29 is 9.53 Å². The van der Waals surface area contributed by atoms with Gasteiger partial charge < -0.3 is 9.64 Å². The molecule has 0 spiro atoms. The fourth-order valence-electron chi connectivity index (χ4n) is 2.69. The van der Waals surface area contributed by atoms with Gasteiger partial charge in [-0.2, -0.15) is 0 Å². The Kier molecular flexibility index (Phi) is 4.68. The molecule has 0 aliphatic carbocycles. The van der Waals surface area contributed by atoms with Gasteiger partial charge >= 0.3 is 0 Å². The number of amides is 1. The van der Waals surface area contributed by atoms with Crippen molar-refractivity contribution in [3.05, 3.63) is 39.4 Å². The molecule has 2 aromatic rings. The molecule has 0 N–H and O–H groups in total. The van der Waals surface area contributed by atoms with Crippen LogP contribution in [0.4, 0.5) is 0 Å². The molecule has 1 aliphatic rings. The van der Waals surface area contributed by atoms with Crippen LogP contribution in [-0.4, -0.2) is 45.5 Å². The highest BCUT2D eigenvalue weighted by atomic mass is 32.1. The molecule has 0 aromatic carbocycles. The zero-order chi connectivity index (χ0) is 16.4. The molecular formula is C16H20N4O2S. The molecule has 122 valence electrons. The topological polar surface area (TPSA) is 68.2 Å². The molecule has 23 heavy (non-hydrogen) atoms. The van der Waals surface area contributed by atoms with Crippen molar-refractivity contribution in [2.75, 3.05) is 19.7 Å². The van der Waals surface area contributed by atoms with Gasteiger partial charge in [0.15, 0.2) is 5.82 Å². The molecule has 6 nitrogen and oxygen atoms in total. The average Bonchev–Trinajstić information content (AvgIpc) is 2.91. The Hall–Kier alpha value is -1.86. The summed E-state index contributed by atoms with van der Waals surface area (Å²) in [6.45, 7) is 7.42. The fourth-order valence-corrected chi connectivity index (χ4v) is 3.30. The number of ether oxygens (including phenoxy) is 1. The summed E-state index contributed by atoms with van der Waals surface area (Å²) in [6.07, 6.45) is 0.0774. The number of aromatic nitrogens is 3. The van der Waals surface area contributed by atoms with Gasteiger partial charge in [0.05, 0.1) is 30.3 Å². The van der Waals surface area contributed by atoms with Crippen LogP contribution in [0.15, 0.2) is 11.4 Å². The van der Waals surface area contributed by atoms with Gasteiger partial charge in [-0.15, -0.1) is 11.3 Å². The molecule has 0 unspecified atom stereocenters. The summed E-state index contributed by atoms with van der Waals surface area (Å²) in [5.41, 5.74) is 2.66. The molecule has 7 heteroatoms. The van der Waals surface area contributed by atoms with E-state index in [2.05, 4.69) is 15.0 Å². The number of rotatable bonds is 3. The molecule has 1 fully saturated rings. The maximum atomic E-state index is 12.5. The van der Waals surface area contributed by atoms with Crippen LogP contribution in [0, 0.1) is 20.8 Å². The number of carbonyl (C=O) groups is 1. The number of hydrogen-bond acceptors (Lipinski definition) is 6. The van der Waals surface area contributed by atoms with E-state index in [-0.39, 0.29) is 12.0 Å². The highest BCUT2D eigenvalue weighted by Crippen LogP contribution is 2.21. The Morgan fingerprint density at radius 3 is 2.70 bits per heavy atom. The second-order valence-corrected chi connectivity index (χ2v) is 6.80. The van der Waals surface area contributed by atoms with Crippen LogP contribution in [0.3, 0.4) is 0 Å². The first kappa shape index (κ1) is 16.0. The molecule has 2 aromatic heterocycles. The van der Waals surface area contributed by atoms with E-state index >= 15 is 0 Å². The number of nitrogens with zero attached hydrogens (tertiary/aromatic N) is 4. The number of hydrogen-bond donors (Lipinski definition) is 0. The van der Waals surface area contributed by atoms with Gasteiger partial charge in [0, 0.05) is 23.3 Å². The highest BCUT2D eigenvalue weighted by Gasteiger charge is 2.27. The monoisotopic (exact) mass is 332 g/mol. The zero-order valence-electron chi connectivity index (χ0n) is 13.6. The van der Waals surface area contributed by atoms with Gasteiger partial charge in [-0.25, -0.2) is 15.0 Å². The maximum absolute atomic E-state index is 12.5. The number of carbonyl (C=O) groups excluding carboxylic acids is 1. The molecular weight excluding hydrogens is 312 g/mol. The molecule has 1 atom stereocenters. The van der Waals surface area contributed by atoms with Gasteiger partial charge in [0.25, 0.3) is 0 Å². The quantitative estimate of drug-likeness (QED) is 0.860. The van der Waals surface area contributed by atoms with E-state index in [1.165, 1.54) is 0 Å². The van der Waals surface area contributed by atoms with Crippen molar-refractivity contribution in [1.82, 2.24) is 19.9 Å². The minimum Gasteiger partial charge on any atom is -0.367 e. The molecule has 0 radical (unpaired) electrons. The molecule has 0 bridgehead atoms. The number of aryl methyl sites for hydroxylation is 3. The highest BCUT2D eigenvalue weighted by molar-refractivity contribution is 7.09. The lowest BCUT2D eigenvalue weighted by Crippen LogP contribution is -2.43. The third-order valence-electron chi connectivity index (χ3n) is 3.71. The second-order valence-electron chi connectivity index (χ2n) is 5.74. The second kappa shape index (κ2) is 6.72. The van der Waals surface area contributed by atoms with Crippen LogP contribution < -0.4 is 0 Å². The zero-order valence-corrected chi connectivity index (χ0v) is 14.4. The lowest BCUT2D eigenvalue weighted by Gasteiger charge is -2.32. The predicted molar refractivity (Wildman–Crippen MR) is 87.3 cm³/mol. The molecule has 1 aliphatic heterocycles. The first-order chi connectivity index (χ1) is 11.0. The summed E-state index contributed by atoms with van der Waals surface area (Å²) in [4.78, 5) is 27.6. The summed E-state index contributed by atoms with van der Waals surface area (Å²) in [5, 5.41) is 2.93. The average molecular weight is 332 g/mol. The van der Waals surface area contributed by atoms with Crippen molar-refractivity contribution in [3.8, 4) is 0 Å². The third-order valence-corrected chi connectivity index (χ3v) is 4.53. The molecule has 0 saturated carbocycles. The summed E-state index contributed by atoms with van der Waals surface area (Å²) < 4.78 is 5.78. The van der Waals surface area contributed by atoms with Crippen molar-refractivity contribution in [1.29, 1.82) is 0 Å². The van der Waals surface area contributed by atoms with Gasteiger partial charge in [-0.1, -0.05) is 0 Å². The first-order valence-electron chi connectivity index (χ1n) is 7.64. The van der Waals surface area contributed by atoms with Crippen molar-refractivity contribution >= 4 is 17.2 Å². The first-order valence-corrected chi connectivity index (χ1v) is 8.52. The normalized spacial score (nSPS) is 18.2. The fraction of sp³-hybridized carbons (Fsp3) is 0.500. The summed E-state index contributed by atoms with van der Waals surface area (Å²) in [6, 6.07) is 1.93. The van der Waals surface area contributed by atoms with E-state index in [9.17, 15) is 4.79 Å². The predicted octanol–water partition coefficient (Wildman–Crippen LogP) is 2.00. The Bertz CT molecular complexity index is 696. The summed E-state index contributed by atoms with van der Waals surface area (Å²) in [7, 11) is 0. The van der Waals surface area contributed by atoms with Crippen molar-refractivity contribution in [2.45, 2.75) is 33.3 Å². The van der Waals surface area contributed by atoms with Crippen LogP contribution in [0.25, 0.3) is 0 Å². The lowest BCUT2D eigenvalue weighted by atomic mass is 10.2. The Labute approximate surface area is 139 Å². The van der Waals surface area contributed by atoms with Crippen LogP contribution >= 0.6 is 11.3 Å². The summed E-state index contributed by atoms with van der Waals surface area (Å²) >= 11 is 1.57. The molecule has 3 rings (SSSR count). The van der Waals surface area contributed by atoms with Crippen LogP contribution in [0.1, 0.15) is 34.0 Å². The molecule has 1 amide bonds. The third kappa shape index (κ3) is 3.92. The molecule has 1 saturated heterocycles. The molecule has 3 heterocycles. The van der Waals surface area contributed by atoms with Gasteiger partial charge in [0.2, 0.25) is 5.91 Å². The van der Waals surface area contributed by atoms with E-state index < -0.39 is 0 Å². The Morgan fingerprint density at radius 1 is 1.30 bits per heavy atom.